The summed E-state index contributed by atoms with van der Waals surface area (Å²) in [6.07, 6.45) is 3.58. The molecule has 1 fully saturated rings. The maximum absolute atomic E-state index is 13.7. The lowest BCUT2D eigenvalue weighted by molar-refractivity contribution is -0.129. The molecule has 176 valence electrons. The van der Waals surface area contributed by atoms with Gasteiger partial charge in [-0.25, -0.2) is 19.2 Å². The van der Waals surface area contributed by atoms with Gasteiger partial charge in [-0.15, -0.1) is 0 Å². The minimum Gasteiger partial charge on any atom is -0.350 e. The standard InChI is InChI=1S/C25H22FN7O2/c1-15(34)31-10-12-32(13-11-31)23-24-30-21(16-2-5-18(26)6-3-16)22(33(24)9-8-27-23)17-4-7-19-20(14-17)29-25(35)28-19/h2-9,14H,10-13H2,1H3,(H2,28,29,35). The molecule has 5 aromatic rings. The summed E-state index contributed by atoms with van der Waals surface area (Å²) in [5.74, 6) is 0.466. The number of hydrogen-bond acceptors (Lipinski definition) is 5. The number of hydrogen-bond donors (Lipinski definition) is 2. The quantitative estimate of drug-likeness (QED) is 0.421. The van der Waals surface area contributed by atoms with Crippen molar-refractivity contribution in [1.82, 2.24) is 29.2 Å². The highest BCUT2D eigenvalue weighted by Crippen LogP contribution is 2.36. The molecule has 6 rings (SSSR count). The number of aromatic amines is 2. The van der Waals surface area contributed by atoms with Crippen LogP contribution in [0.1, 0.15) is 6.92 Å². The zero-order valence-electron chi connectivity index (χ0n) is 19.0. The molecule has 0 bridgehead atoms. The Kier molecular flexibility index (Phi) is 4.87. The van der Waals surface area contributed by atoms with Crippen molar-refractivity contribution in [2.75, 3.05) is 31.1 Å². The van der Waals surface area contributed by atoms with Gasteiger partial charge in [0.1, 0.15) is 5.82 Å². The van der Waals surface area contributed by atoms with Gasteiger partial charge in [0.25, 0.3) is 0 Å². The maximum atomic E-state index is 13.7. The van der Waals surface area contributed by atoms with Crippen LogP contribution in [0.5, 0.6) is 0 Å². The first kappa shape index (κ1) is 21.1. The highest BCUT2D eigenvalue weighted by atomic mass is 19.1. The van der Waals surface area contributed by atoms with Crippen LogP contribution < -0.4 is 10.6 Å². The van der Waals surface area contributed by atoms with Gasteiger partial charge in [-0.3, -0.25) is 9.20 Å². The van der Waals surface area contributed by atoms with E-state index in [2.05, 4.69) is 19.9 Å². The number of anilines is 1. The van der Waals surface area contributed by atoms with Crippen molar-refractivity contribution in [3.05, 3.63) is 71.2 Å². The molecule has 1 saturated heterocycles. The van der Waals surface area contributed by atoms with Gasteiger partial charge >= 0.3 is 5.69 Å². The average Bonchev–Trinajstić information content (AvgIpc) is 3.43. The van der Waals surface area contributed by atoms with E-state index in [0.29, 0.717) is 48.6 Å². The summed E-state index contributed by atoms with van der Waals surface area (Å²) in [6, 6.07) is 11.9. The van der Waals surface area contributed by atoms with Crippen molar-refractivity contribution >= 4 is 28.4 Å². The summed E-state index contributed by atoms with van der Waals surface area (Å²) in [4.78, 5) is 42.7. The zero-order valence-corrected chi connectivity index (χ0v) is 19.0. The molecule has 9 nitrogen and oxygen atoms in total. The lowest BCUT2D eigenvalue weighted by atomic mass is 10.0. The normalized spacial score (nSPS) is 14.2. The summed E-state index contributed by atoms with van der Waals surface area (Å²) in [5.41, 5.74) is 4.88. The number of nitrogens with zero attached hydrogens (tertiary/aromatic N) is 5. The number of amides is 1. The third-order valence-corrected chi connectivity index (χ3v) is 6.46. The Morgan fingerprint density at radius 3 is 2.43 bits per heavy atom. The lowest BCUT2D eigenvalue weighted by Gasteiger charge is -2.34. The highest BCUT2D eigenvalue weighted by Gasteiger charge is 2.25. The van der Waals surface area contributed by atoms with E-state index in [9.17, 15) is 14.0 Å². The number of halogens is 1. The van der Waals surface area contributed by atoms with E-state index < -0.39 is 0 Å². The monoisotopic (exact) mass is 471 g/mol. The van der Waals surface area contributed by atoms with E-state index in [0.717, 1.165) is 22.6 Å². The van der Waals surface area contributed by atoms with Crippen LogP contribution in [0.2, 0.25) is 0 Å². The Morgan fingerprint density at radius 1 is 0.971 bits per heavy atom. The van der Waals surface area contributed by atoms with E-state index in [1.54, 1.807) is 25.3 Å². The maximum Gasteiger partial charge on any atom is 0.323 e. The van der Waals surface area contributed by atoms with Gasteiger partial charge in [0.2, 0.25) is 5.91 Å². The number of aromatic nitrogens is 5. The fraction of sp³-hybridized carbons (Fsp3) is 0.200. The summed E-state index contributed by atoms with van der Waals surface area (Å²) in [7, 11) is 0. The molecule has 10 heteroatoms. The van der Waals surface area contributed by atoms with E-state index in [-0.39, 0.29) is 17.4 Å². The van der Waals surface area contributed by atoms with Gasteiger partial charge in [0.05, 0.1) is 22.4 Å². The van der Waals surface area contributed by atoms with Crippen LogP contribution in [0, 0.1) is 5.82 Å². The second-order valence-electron chi connectivity index (χ2n) is 8.59. The average molecular weight is 471 g/mol. The molecule has 3 aromatic heterocycles. The Morgan fingerprint density at radius 2 is 1.69 bits per heavy atom. The smallest absolute Gasteiger partial charge is 0.323 e. The van der Waals surface area contributed by atoms with E-state index in [1.807, 2.05) is 33.7 Å². The van der Waals surface area contributed by atoms with E-state index in [4.69, 9.17) is 4.98 Å². The predicted octanol–water partition coefficient (Wildman–Crippen LogP) is 3.04. The van der Waals surface area contributed by atoms with Gasteiger partial charge in [-0.05, 0) is 36.4 Å². The zero-order chi connectivity index (χ0) is 24.1. The van der Waals surface area contributed by atoms with Crippen molar-refractivity contribution < 1.29 is 9.18 Å². The highest BCUT2D eigenvalue weighted by molar-refractivity contribution is 5.89. The van der Waals surface area contributed by atoms with Crippen LogP contribution >= 0.6 is 0 Å². The fourth-order valence-electron chi connectivity index (χ4n) is 4.68. The Labute approximate surface area is 198 Å². The first-order valence-corrected chi connectivity index (χ1v) is 11.3. The minimum atomic E-state index is -0.323. The number of H-pyrrole nitrogens is 2. The molecule has 1 amide bonds. The lowest BCUT2D eigenvalue weighted by Crippen LogP contribution is -2.48. The van der Waals surface area contributed by atoms with Crippen LogP contribution in [-0.2, 0) is 4.79 Å². The number of rotatable bonds is 3. The molecule has 0 atom stereocenters. The molecule has 2 aromatic carbocycles. The summed E-state index contributed by atoms with van der Waals surface area (Å²) in [6.45, 7) is 4.12. The Hall–Kier alpha value is -4.47. The molecule has 0 aliphatic carbocycles. The number of nitrogens with one attached hydrogen (secondary N) is 2. The van der Waals surface area contributed by atoms with Crippen molar-refractivity contribution in [1.29, 1.82) is 0 Å². The molecule has 0 spiro atoms. The molecule has 0 unspecified atom stereocenters. The number of fused-ring (bicyclic) bond motifs is 2. The van der Waals surface area contributed by atoms with Crippen LogP contribution in [0.15, 0.2) is 59.7 Å². The summed E-state index contributed by atoms with van der Waals surface area (Å²) < 4.78 is 15.7. The second kappa shape index (κ2) is 8.08. The molecule has 1 aliphatic heterocycles. The summed E-state index contributed by atoms with van der Waals surface area (Å²) >= 11 is 0. The molecule has 1 aliphatic rings. The first-order valence-electron chi connectivity index (χ1n) is 11.3. The topological polar surface area (TPSA) is 102 Å². The van der Waals surface area contributed by atoms with Gasteiger partial charge < -0.3 is 19.8 Å². The fourth-order valence-corrected chi connectivity index (χ4v) is 4.68. The Bertz CT molecular complexity index is 1630. The van der Waals surface area contributed by atoms with Crippen molar-refractivity contribution in [3.63, 3.8) is 0 Å². The van der Waals surface area contributed by atoms with Crippen molar-refractivity contribution in [3.8, 4) is 22.5 Å². The van der Waals surface area contributed by atoms with Gasteiger partial charge in [-0.1, -0.05) is 6.07 Å². The largest absolute Gasteiger partial charge is 0.350 e. The van der Waals surface area contributed by atoms with Gasteiger partial charge in [0, 0.05) is 56.6 Å². The van der Waals surface area contributed by atoms with E-state index >= 15 is 0 Å². The third-order valence-electron chi connectivity index (χ3n) is 6.46. The summed E-state index contributed by atoms with van der Waals surface area (Å²) in [5, 5.41) is 0. The van der Waals surface area contributed by atoms with Crippen LogP contribution in [0.3, 0.4) is 0 Å². The Balaban J connectivity index is 1.54. The third kappa shape index (κ3) is 3.63. The molecule has 4 heterocycles. The van der Waals surface area contributed by atoms with Crippen LogP contribution in [0.4, 0.5) is 10.2 Å². The minimum absolute atomic E-state index is 0.0655. The molecular formula is C25H22FN7O2. The molecule has 0 radical (unpaired) electrons. The van der Waals surface area contributed by atoms with Crippen LogP contribution in [0.25, 0.3) is 39.2 Å². The first-order chi connectivity index (χ1) is 17.0. The van der Waals surface area contributed by atoms with Gasteiger partial charge in [0.15, 0.2) is 11.5 Å². The number of benzene rings is 2. The number of piperazine rings is 1. The number of carbonyl (C=O) groups is 1. The predicted molar refractivity (Wildman–Crippen MR) is 131 cm³/mol. The molecule has 0 saturated carbocycles. The molecular weight excluding hydrogens is 449 g/mol. The second-order valence-corrected chi connectivity index (χ2v) is 8.59. The van der Waals surface area contributed by atoms with Gasteiger partial charge in [-0.2, -0.15) is 0 Å². The molecule has 2 N–H and O–H groups in total. The SMILES string of the molecule is CC(=O)N1CCN(c2nccn3c(-c4ccc5[nH]c(=O)[nH]c5c4)c(-c4ccc(F)cc4)nc23)CC1. The van der Waals surface area contributed by atoms with E-state index in [1.165, 1.54) is 12.1 Å². The van der Waals surface area contributed by atoms with Crippen molar-refractivity contribution in [2.24, 2.45) is 0 Å². The molecule has 35 heavy (non-hydrogen) atoms. The number of carbonyl (C=O) groups excluding carboxylic acids is 1. The van der Waals surface area contributed by atoms with Crippen LogP contribution in [-0.4, -0.2) is 61.3 Å². The number of imidazole rings is 2. The van der Waals surface area contributed by atoms with Crippen molar-refractivity contribution in [2.45, 2.75) is 6.92 Å².